The molecule has 0 N–H and O–H groups in total. The number of Topliss-reactive ketones (excluding diaryl/α,β-unsaturated/α-hetero) is 1. The second-order valence-electron chi connectivity index (χ2n) is 9.18. The van der Waals surface area contributed by atoms with E-state index in [0.29, 0.717) is 12.8 Å². The van der Waals surface area contributed by atoms with Gasteiger partial charge in [-0.05, 0) is 36.0 Å². The van der Waals surface area contributed by atoms with Gasteiger partial charge in [0.25, 0.3) is 0 Å². The Morgan fingerprint density at radius 1 is 0.848 bits per heavy atom. The fourth-order valence-electron chi connectivity index (χ4n) is 5.20. The fourth-order valence-corrected chi connectivity index (χ4v) is 5.20. The number of hydrogen-bond donors (Lipinski definition) is 0. The van der Waals surface area contributed by atoms with Crippen LogP contribution in [-0.4, -0.2) is 17.4 Å². The highest BCUT2D eigenvalue weighted by Crippen LogP contribution is 2.40. The van der Waals surface area contributed by atoms with Crippen LogP contribution in [0.1, 0.15) is 55.2 Å². The lowest BCUT2D eigenvalue weighted by Gasteiger charge is -2.41. The molecule has 3 unspecified atom stereocenters. The number of ether oxygens (including phenoxy) is 1. The summed E-state index contributed by atoms with van der Waals surface area (Å²) < 4.78 is 6.20. The molecule has 3 aromatic carbocycles. The second kappa shape index (κ2) is 10.6. The number of cyclic esters (lactones) is 1. The maximum atomic E-state index is 13.6. The third kappa shape index (κ3) is 5.60. The summed E-state index contributed by atoms with van der Waals surface area (Å²) in [4.78, 5) is 27.1. The Balaban J connectivity index is 1.59. The van der Waals surface area contributed by atoms with Gasteiger partial charge >= 0.3 is 5.97 Å². The molecular formula is C30H32O3. The average molecular weight is 441 g/mol. The predicted molar refractivity (Wildman–Crippen MR) is 131 cm³/mol. The molecule has 170 valence electrons. The van der Waals surface area contributed by atoms with Crippen LogP contribution in [0.2, 0.25) is 0 Å². The normalized spacial score (nSPS) is 21.4. The first-order valence-electron chi connectivity index (χ1n) is 12.0. The fraction of sp³-hybridized carbons (Fsp3) is 0.333. The Morgan fingerprint density at radius 3 is 2.00 bits per heavy atom. The summed E-state index contributed by atoms with van der Waals surface area (Å²) in [5, 5.41) is 0. The molecule has 0 aromatic heterocycles. The molecule has 0 saturated carbocycles. The van der Waals surface area contributed by atoms with Crippen molar-refractivity contribution in [1.82, 2.24) is 0 Å². The monoisotopic (exact) mass is 440 g/mol. The van der Waals surface area contributed by atoms with Crippen LogP contribution in [0.15, 0.2) is 91.0 Å². The first-order chi connectivity index (χ1) is 16.1. The lowest BCUT2D eigenvalue weighted by molar-refractivity contribution is -0.179. The molecule has 33 heavy (non-hydrogen) atoms. The molecule has 1 fully saturated rings. The average Bonchev–Trinajstić information content (AvgIpc) is 2.83. The van der Waals surface area contributed by atoms with Crippen LogP contribution in [0.3, 0.4) is 0 Å². The zero-order chi connectivity index (χ0) is 23.1. The summed E-state index contributed by atoms with van der Waals surface area (Å²) in [6.07, 6.45) is 3.92. The lowest BCUT2D eigenvalue weighted by Crippen LogP contribution is -2.50. The number of carbonyl (C=O) groups is 2. The largest absolute Gasteiger partial charge is 0.458 e. The van der Waals surface area contributed by atoms with E-state index in [1.54, 1.807) is 0 Å². The number of benzene rings is 3. The van der Waals surface area contributed by atoms with Crippen LogP contribution in [0, 0.1) is 5.92 Å². The predicted octanol–water partition coefficient (Wildman–Crippen LogP) is 6.32. The van der Waals surface area contributed by atoms with E-state index in [0.717, 1.165) is 30.4 Å². The zero-order valence-electron chi connectivity index (χ0n) is 19.3. The highest BCUT2D eigenvalue weighted by Gasteiger charge is 2.49. The summed E-state index contributed by atoms with van der Waals surface area (Å²) in [5.74, 6) is -1.30. The van der Waals surface area contributed by atoms with Crippen LogP contribution < -0.4 is 0 Å². The quantitative estimate of drug-likeness (QED) is 0.289. The van der Waals surface area contributed by atoms with E-state index in [4.69, 9.17) is 4.74 Å². The highest BCUT2D eigenvalue weighted by molar-refractivity contribution is 6.02. The van der Waals surface area contributed by atoms with Crippen LogP contribution in [0.5, 0.6) is 0 Å². The van der Waals surface area contributed by atoms with E-state index >= 15 is 0 Å². The van der Waals surface area contributed by atoms with Gasteiger partial charge in [-0.2, -0.15) is 0 Å². The SMILES string of the molecule is CCCC1(Cc2ccccc2)CC(=O)C(C(CCc2ccccc2)c2ccccc2)C(=O)O1. The van der Waals surface area contributed by atoms with E-state index in [-0.39, 0.29) is 24.1 Å². The number of rotatable bonds is 9. The molecule has 0 amide bonds. The van der Waals surface area contributed by atoms with E-state index in [9.17, 15) is 9.59 Å². The first-order valence-corrected chi connectivity index (χ1v) is 12.0. The topological polar surface area (TPSA) is 43.4 Å². The van der Waals surface area contributed by atoms with Crippen LogP contribution in [-0.2, 0) is 27.2 Å². The molecule has 4 rings (SSSR count). The van der Waals surface area contributed by atoms with Gasteiger partial charge in [0.2, 0.25) is 0 Å². The van der Waals surface area contributed by atoms with E-state index in [1.165, 1.54) is 5.56 Å². The number of esters is 1. The smallest absolute Gasteiger partial charge is 0.317 e. The van der Waals surface area contributed by atoms with Crippen LogP contribution in [0.25, 0.3) is 0 Å². The summed E-state index contributed by atoms with van der Waals surface area (Å²) in [6, 6.07) is 30.2. The molecule has 3 heteroatoms. The summed E-state index contributed by atoms with van der Waals surface area (Å²) in [7, 11) is 0. The van der Waals surface area contributed by atoms with Crippen LogP contribution >= 0.6 is 0 Å². The molecule has 1 aliphatic heterocycles. The van der Waals surface area contributed by atoms with Gasteiger partial charge in [0.1, 0.15) is 11.5 Å². The Morgan fingerprint density at radius 2 is 1.42 bits per heavy atom. The van der Waals surface area contributed by atoms with Gasteiger partial charge < -0.3 is 4.74 Å². The van der Waals surface area contributed by atoms with Crippen LogP contribution in [0.4, 0.5) is 0 Å². The number of aryl methyl sites for hydroxylation is 1. The minimum absolute atomic E-state index is 0.0116. The van der Waals surface area contributed by atoms with Crippen molar-refractivity contribution < 1.29 is 14.3 Å². The Kier molecular flexibility index (Phi) is 7.39. The zero-order valence-corrected chi connectivity index (χ0v) is 19.3. The van der Waals surface area contributed by atoms with Gasteiger partial charge in [0, 0.05) is 18.8 Å². The van der Waals surface area contributed by atoms with Gasteiger partial charge in [0.05, 0.1) is 0 Å². The lowest BCUT2D eigenvalue weighted by atomic mass is 9.73. The van der Waals surface area contributed by atoms with Gasteiger partial charge in [-0.15, -0.1) is 0 Å². The third-order valence-corrected chi connectivity index (χ3v) is 6.71. The molecule has 3 aromatic rings. The molecule has 0 aliphatic carbocycles. The van der Waals surface area contributed by atoms with Crippen molar-refractivity contribution >= 4 is 11.8 Å². The molecule has 1 heterocycles. The molecule has 0 spiro atoms. The molecular weight excluding hydrogens is 408 g/mol. The maximum Gasteiger partial charge on any atom is 0.317 e. The molecule has 3 atom stereocenters. The van der Waals surface area contributed by atoms with Crippen molar-refractivity contribution in [2.24, 2.45) is 5.92 Å². The minimum Gasteiger partial charge on any atom is -0.458 e. The minimum atomic E-state index is -0.753. The van der Waals surface area contributed by atoms with Crippen molar-refractivity contribution in [2.45, 2.75) is 57.0 Å². The summed E-state index contributed by atoms with van der Waals surface area (Å²) in [6.45, 7) is 2.07. The Hall–Kier alpha value is -3.20. The second-order valence-corrected chi connectivity index (χ2v) is 9.18. The molecule has 1 saturated heterocycles. The van der Waals surface area contributed by atoms with E-state index in [2.05, 4.69) is 19.1 Å². The highest BCUT2D eigenvalue weighted by atomic mass is 16.6. The molecule has 0 radical (unpaired) electrons. The first kappa shape index (κ1) is 23.0. The van der Waals surface area contributed by atoms with Gasteiger partial charge in [-0.25, -0.2) is 0 Å². The van der Waals surface area contributed by atoms with E-state index in [1.807, 2.05) is 78.9 Å². The van der Waals surface area contributed by atoms with E-state index < -0.39 is 11.5 Å². The van der Waals surface area contributed by atoms with Gasteiger partial charge in [-0.3, -0.25) is 9.59 Å². The Bertz CT molecular complexity index is 1030. The van der Waals surface area contributed by atoms with Gasteiger partial charge in [0.15, 0.2) is 5.78 Å². The maximum absolute atomic E-state index is 13.6. The summed E-state index contributed by atoms with van der Waals surface area (Å²) >= 11 is 0. The van der Waals surface area contributed by atoms with Crippen molar-refractivity contribution in [3.8, 4) is 0 Å². The summed E-state index contributed by atoms with van der Waals surface area (Å²) in [5.41, 5.74) is 2.57. The number of carbonyl (C=O) groups excluding carboxylic acids is 2. The number of ketones is 1. The Labute approximate surface area is 196 Å². The van der Waals surface area contributed by atoms with Gasteiger partial charge in [-0.1, -0.05) is 104 Å². The molecule has 0 bridgehead atoms. The molecule has 1 aliphatic rings. The molecule has 3 nitrogen and oxygen atoms in total. The standard InChI is InChI=1S/C30H32O3/c1-2-20-30(21-24-14-8-4-9-15-24)22-27(31)28(29(32)33-30)26(25-16-10-5-11-17-25)19-18-23-12-6-3-7-13-23/h3-17,26,28H,2,18-22H2,1H3. The van der Waals surface area contributed by atoms with Crippen molar-refractivity contribution in [3.05, 3.63) is 108 Å². The number of hydrogen-bond acceptors (Lipinski definition) is 3. The van der Waals surface area contributed by atoms with Crippen molar-refractivity contribution in [1.29, 1.82) is 0 Å². The van der Waals surface area contributed by atoms with Crippen molar-refractivity contribution in [2.75, 3.05) is 0 Å². The van der Waals surface area contributed by atoms with Crippen molar-refractivity contribution in [3.63, 3.8) is 0 Å². The third-order valence-electron chi connectivity index (χ3n) is 6.71.